The van der Waals surface area contributed by atoms with Crippen molar-refractivity contribution < 1.29 is 5.11 Å². The minimum absolute atomic E-state index is 0.0808. The van der Waals surface area contributed by atoms with Crippen molar-refractivity contribution in [3.63, 3.8) is 0 Å². The monoisotopic (exact) mass is 223 g/mol. The standard InChI is InChI=1S/C14H9NO2/c16-13-8-7-11-10-4-2-1-3-9(10)5-6-12(11)14(13)15-17/h1-8,16H. The van der Waals surface area contributed by atoms with Gasteiger partial charge in [-0.1, -0.05) is 36.4 Å². The van der Waals surface area contributed by atoms with Gasteiger partial charge in [-0.2, -0.15) is 0 Å². The maximum absolute atomic E-state index is 10.8. The number of nitroso groups, excluding NO2 is 1. The number of phenols is 1. The van der Waals surface area contributed by atoms with E-state index in [2.05, 4.69) is 5.18 Å². The van der Waals surface area contributed by atoms with Crippen molar-refractivity contribution in [2.45, 2.75) is 0 Å². The predicted molar refractivity (Wildman–Crippen MR) is 68.6 cm³/mol. The van der Waals surface area contributed by atoms with Gasteiger partial charge in [0.25, 0.3) is 0 Å². The summed E-state index contributed by atoms with van der Waals surface area (Å²) in [6.07, 6.45) is 0. The van der Waals surface area contributed by atoms with Crippen molar-refractivity contribution in [1.82, 2.24) is 0 Å². The van der Waals surface area contributed by atoms with Gasteiger partial charge in [-0.3, -0.25) is 0 Å². The molecule has 0 radical (unpaired) electrons. The fourth-order valence-corrected chi connectivity index (χ4v) is 2.16. The second-order valence-electron chi connectivity index (χ2n) is 3.91. The summed E-state index contributed by atoms with van der Waals surface area (Å²) in [6.45, 7) is 0. The van der Waals surface area contributed by atoms with E-state index >= 15 is 0 Å². The number of nitrogens with zero attached hydrogens (tertiary/aromatic N) is 1. The topological polar surface area (TPSA) is 49.7 Å². The molecule has 3 nitrogen and oxygen atoms in total. The first-order valence-electron chi connectivity index (χ1n) is 5.28. The highest BCUT2D eigenvalue weighted by atomic mass is 16.3. The Hall–Kier alpha value is -2.42. The van der Waals surface area contributed by atoms with E-state index < -0.39 is 0 Å². The zero-order chi connectivity index (χ0) is 11.8. The average Bonchev–Trinajstić information content (AvgIpc) is 2.38. The Morgan fingerprint density at radius 3 is 2.41 bits per heavy atom. The van der Waals surface area contributed by atoms with Crippen LogP contribution in [0.2, 0.25) is 0 Å². The van der Waals surface area contributed by atoms with Gasteiger partial charge in [-0.05, 0) is 33.5 Å². The van der Waals surface area contributed by atoms with Crippen LogP contribution in [0.25, 0.3) is 21.5 Å². The Balaban J connectivity index is 2.57. The highest BCUT2D eigenvalue weighted by molar-refractivity contribution is 6.11. The Kier molecular flexibility index (Phi) is 2.05. The molecule has 0 amide bonds. The van der Waals surface area contributed by atoms with Gasteiger partial charge in [0.1, 0.15) is 5.75 Å². The van der Waals surface area contributed by atoms with E-state index in [0.29, 0.717) is 5.39 Å². The highest BCUT2D eigenvalue weighted by Gasteiger charge is 2.09. The number of rotatable bonds is 1. The molecule has 0 aliphatic rings. The summed E-state index contributed by atoms with van der Waals surface area (Å²) in [5.41, 5.74) is 0.105. The molecule has 0 atom stereocenters. The van der Waals surface area contributed by atoms with E-state index in [1.807, 2.05) is 42.5 Å². The number of phenolic OH excluding ortho intramolecular Hbond substituents is 1. The fourth-order valence-electron chi connectivity index (χ4n) is 2.16. The van der Waals surface area contributed by atoms with Crippen LogP contribution in [0.1, 0.15) is 0 Å². The molecule has 3 aromatic carbocycles. The predicted octanol–water partition coefficient (Wildman–Crippen LogP) is 4.10. The first-order valence-corrected chi connectivity index (χ1v) is 5.28. The van der Waals surface area contributed by atoms with Crippen molar-refractivity contribution in [3.05, 3.63) is 53.4 Å². The molecule has 0 unspecified atom stereocenters. The van der Waals surface area contributed by atoms with E-state index in [4.69, 9.17) is 0 Å². The van der Waals surface area contributed by atoms with Crippen molar-refractivity contribution in [3.8, 4) is 5.75 Å². The molecule has 0 bridgehead atoms. The average molecular weight is 223 g/mol. The van der Waals surface area contributed by atoms with E-state index in [9.17, 15) is 10.0 Å². The molecule has 3 aromatic rings. The molecule has 0 heterocycles. The molecule has 3 rings (SSSR count). The summed E-state index contributed by atoms with van der Waals surface area (Å²) in [6, 6.07) is 15.0. The zero-order valence-corrected chi connectivity index (χ0v) is 8.92. The van der Waals surface area contributed by atoms with Gasteiger partial charge in [0.2, 0.25) is 0 Å². The maximum atomic E-state index is 10.8. The number of aromatic hydroxyl groups is 1. The lowest BCUT2D eigenvalue weighted by atomic mass is 10.0. The number of fused-ring (bicyclic) bond motifs is 3. The molecule has 0 spiro atoms. The first kappa shape index (κ1) is 9.78. The van der Waals surface area contributed by atoms with E-state index in [1.54, 1.807) is 0 Å². The SMILES string of the molecule is O=Nc1c(O)ccc2c1ccc1ccccc12. The Labute approximate surface area is 97.3 Å². The lowest BCUT2D eigenvalue weighted by Crippen LogP contribution is -1.78. The molecule has 0 fully saturated rings. The van der Waals surface area contributed by atoms with Crippen molar-refractivity contribution in [2.75, 3.05) is 0 Å². The second kappa shape index (κ2) is 3.56. The van der Waals surface area contributed by atoms with Crippen LogP contribution in [0.15, 0.2) is 53.7 Å². The van der Waals surface area contributed by atoms with Crippen LogP contribution >= 0.6 is 0 Å². The van der Waals surface area contributed by atoms with Gasteiger partial charge in [-0.25, -0.2) is 0 Å². The number of benzene rings is 3. The zero-order valence-electron chi connectivity index (χ0n) is 8.92. The summed E-state index contributed by atoms with van der Waals surface area (Å²) >= 11 is 0. The van der Waals surface area contributed by atoms with Gasteiger partial charge >= 0.3 is 0 Å². The van der Waals surface area contributed by atoms with Crippen LogP contribution in [0.4, 0.5) is 5.69 Å². The van der Waals surface area contributed by atoms with Crippen LogP contribution in [0, 0.1) is 4.91 Å². The summed E-state index contributed by atoms with van der Waals surface area (Å²) in [4.78, 5) is 10.8. The Morgan fingerprint density at radius 1 is 0.824 bits per heavy atom. The van der Waals surface area contributed by atoms with Gasteiger partial charge in [0.15, 0.2) is 5.69 Å². The largest absolute Gasteiger partial charge is 0.506 e. The summed E-state index contributed by atoms with van der Waals surface area (Å²) in [7, 11) is 0. The number of hydrogen-bond acceptors (Lipinski definition) is 3. The molecule has 0 aliphatic heterocycles. The lowest BCUT2D eigenvalue weighted by molar-refractivity contribution is 0.477. The van der Waals surface area contributed by atoms with Crippen LogP contribution in [-0.4, -0.2) is 5.11 Å². The highest BCUT2D eigenvalue weighted by Crippen LogP contribution is 2.37. The number of hydrogen-bond donors (Lipinski definition) is 1. The van der Waals surface area contributed by atoms with Crippen LogP contribution in [0.3, 0.4) is 0 Å². The first-order chi connectivity index (χ1) is 8.31. The van der Waals surface area contributed by atoms with Crippen molar-refractivity contribution >= 4 is 27.2 Å². The molecule has 0 aromatic heterocycles. The summed E-state index contributed by atoms with van der Waals surface area (Å²) in [5, 5.41) is 16.2. The normalized spacial score (nSPS) is 10.8. The Bertz CT molecular complexity index is 735. The fraction of sp³-hybridized carbons (Fsp3) is 0. The lowest BCUT2D eigenvalue weighted by Gasteiger charge is -2.06. The van der Waals surface area contributed by atoms with Gasteiger partial charge in [-0.15, -0.1) is 4.91 Å². The summed E-state index contributed by atoms with van der Waals surface area (Å²) in [5.74, 6) is -0.0808. The van der Waals surface area contributed by atoms with Gasteiger partial charge < -0.3 is 5.11 Å². The molecular formula is C14H9NO2. The van der Waals surface area contributed by atoms with Crippen LogP contribution < -0.4 is 0 Å². The van der Waals surface area contributed by atoms with Gasteiger partial charge in [0.05, 0.1) is 0 Å². The van der Waals surface area contributed by atoms with Crippen LogP contribution in [0.5, 0.6) is 5.75 Å². The quantitative estimate of drug-likeness (QED) is 0.498. The third-order valence-electron chi connectivity index (χ3n) is 2.97. The smallest absolute Gasteiger partial charge is 0.157 e. The molecule has 0 saturated heterocycles. The van der Waals surface area contributed by atoms with Crippen LogP contribution in [-0.2, 0) is 0 Å². The molecular weight excluding hydrogens is 214 g/mol. The molecule has 82 valence electrons. The molecule has 0 aliphatic carbocycles. The third kappa shape index (κ3) is 1.36. The van der Waals surface area contributed by atoms with E-state index in [1.165, 1.54) is 6.07 Å². The molecule has 17 heavy (non-hydrogen) atoms. The minimum Gasteiger partial charge on any atom is -0.506 e. The maximum Gasteiger partial charge on any atom is 0.157 e. The third-order valence-corrected chi connectivity index (χ3v) is 2.97. The van der Waals surface area contributed by atoms with Crippen molar-refractivity contribution in [2.24, 2.45) is 5.18 Å². The van der Waals surface area contributed by atoms with Crippen molar-refractivity contribution in [1.29, 1.82) is 0 Å². The molecule has 3 heteroatoms. The van der Waals surface area contributed by atoms with Gasteiger partial charge in [0, 0.05) is 5.39 Å². The Morgan fingerprint density at radius 2 is 1.59 bits per heavy atom. The van der Waals surface area contributed by atoms with E-state index in [0.717, 1.165) is 16.2 Å². The second-order valence-corrected chi connectivity index (χ2v) is 3.91. The van der Waals surface area contributed by atoms with E-state index in [-0.39, 0.29) is 11.4 Å². The molecule has 0 saturated carbocycles. The molecule has 1 N–H and O–H groups in total. The minimum atomic E-state index is -0.0808. The summed E-state index contributed by atoms with van der Waals surface area (Å²) < 4.78 is 0.